The van der Waals surface area contributed by atoms with E-state index in [1.165, 1.54) is 0 Å². The minimum absolute atomic E-state index is 0.189. The van der Waals surface area contributed by atoms with Crippen LogP contribution in [0.1, 0.15) is 5.56 Å². The zero-order valence-corrected chi connectivity index (χ0v) is 12.9. The van der Waals surface area contributed by atoms with E-state index in [-0.39, 0.29) is 4.90 Å². The zero-order valence-electron chi connectivity index (χ0n) is 10.5. The van der Waals surface area contributed by atoms with Crippen molar-refractivity contribution >= 4 is 37.0 Å². The van der Waals surface area contributed by atoms with E-state index in [9.17, 15) is 8.42 Å². The van der Waals surface area contributed by atoms with Crippen molar-refractivity contribution in [3.8, 4) is 0 Å². The lowest BCUT2D eigenvalue weighted by molar-refractivity contribution is 0.579. The SMILES string of the molecule is Cc1cc(S(=O)(=O)n2nnc3ccccc32)ccc1Br. The standard InChI is InChI=1S/C13H10BrN3O2S/c1-9-8-10(6-7-11(9)14)20(18,19)17-13-5-3-2-4-12(13)15-16-17/h2-8H,1H3. The Morgan fingerprint density at radius 2 is 1.90 bits per heavy atom. The molecule has 2 aromatic carbocycles. The largest absolute Gasteiger partial charge is 0.284 e. The van der Waals surface area contributed by atoms with Gasteiger partial charge >= 0.3 is 0 Å². The van der Waals surface area contributed by atoms with Gasteiger partial charge in [-0.05, 0) is 42.8 Å². The molecule has 3 aromatic rings. The molecule has 0 unspecified atom stereocenters. The summed E-state index contributed by atoms with van der Waals surface area (Å²) in [7, 11) is -3.74. The second-order valence-electron chi connectivity index (χ2n) is 4.34. The Balaban J connectivity index is 2.23. The lowest BCUT2D eigenvalue weighted by Gasteiger charge is -2.06. The van der Waals surface area contributed by atoms with Gasteiger partial charge in [0.1, 0.15) is 11.0 Å². The Bertz CT molecular complexity index is 903. The van der Waals surface area contributed by atoms with Crippen molar-refractivity contribution in [2.24, 2.45) is 0 Å². The molecule has 3 rings (SSSR count). The summed E-state index contributed by atoms with van der Waals surface area (Å²) in [5, 5.41) is 7.64. The van der Waals surface area contributed by atoms with E-state index < -0.39 is 10.0 Å². The van der Waals surface area contributed by atoms with Crippen LogP contribution in [-0.2, 0) is 10.0 Å². The van der Waals surface area contributed by atoms with Gasteiger partial charge in [0, 0.05) is 4.47 Å². The number of nitrogens with zero attached hydrogens (tertiary/aromatic N) is 3. The third-order valence-electron chi connectivity index (χ3n) is 2.98. The summed E-state index contributed by atoms with van der Waals surface area (Å²) in [4.78, 5) is 0.189. The van der Waals surface area contributed by atoms with E-state index in [4.69, 9.17) is 0 Å². The molecule has 0 bridgehead atoms. The summed E-state index contributed by atoms with van der Waals surface area (Å²) in [6.07, 6.45) is 0. The van der Waals surface area contributed by atoms with E-state index in [0.29, 0.717) is 11.0 Å². The molecule has 0 radical (unpaired) electrons. The monoisotopic (exact) mass is 351 g/mol. The fourth-order valence-electron chi connectivity index (χ4n) is 1.90. The van der Waals surface area contributed by atoms with Crippen LogP contribution in [0, 0.1) is 6.92 Å². The van der Waals surface area contributed by atoms with Crippen molar-refractivity contribution < 1.29 is 8.42 Å². The Kier molecular flexibility index (Phi) is 3.10. The smallest absolute Gasteiger partial charge is 0.199 e. The fraction of sp³-hybridized carbons (Fsp3) is 0.0769. The maximum absolute atomic E-state index is 12.6. The second-order valence-corrected chi connectivity index (χ2v) is 6.96. The van der Waals surface area contributed by atoms with Crippen LogP contribution in [0.3, 0.4) is 0 Å². The van der Waals surface area contributed by atoms with Crippen molar-refractivity contribution in [2.75, 3.05) is 0 Å². The minimum Gasteiger partial charge on any atom is -0.199 e. The highest BCUT2D eigenvalue weighted by Gasteiger charge is 2.21. The van der Waals surface area contributed by atoms with Crippen LogP contribution in [0.5, 0.6) is 0 Å². The van der Waals surface area contributed by atoms with Crippen LogP contribution in [0.2, 0.25) is 0 Å². The molecule has 102 valence electrons. The molecule has 0 atom stereocenters. The third-order valence-corrected chi connectivity index (χ3v) is 5.44. The summed E-state index contributed by atoms with van der Waals surface area (Å²) in [6, 6.07) is 11.8. The molecule has 0 amide bonds. The summed E-state index contributed by atoms with van der Waals surface area (Å²) in [6.45, 7) is 1.84. The maximum atomic E-state index is 12.6. The summed E-state index contributed by atoms with van der Waals surface area (Å²) >= 11 is 3.36. The van der Waals surface area contributed by atoms with E-state index in [0.717, 1.165) is 14.1 Å². The van der Waals surface area contributed by atoms with Crippen molar-refractivity contribution in [3.05, 3.63) is 52.5 Å². The van der Waals surface area contributed by atoms with Gasteiger partial charge in [-0.25, -0.2) is 0 Å². The summed E-state index contributed by atoms with van der Waals surface area (Å²) in [5.74, 6) is 0. The molecule has 0 aliphatic heterocycles. The van der Waals surface area contributed by atoms with Gasteiger partial charge in [-0.3, -0.25) is 0 Å². The minimum atomic E-state index is -3.74. The van der Waals surface area contributed by atoms with E-state index in [2.05, 4.69) is 26.2 Å². The number of hydrogen-bond acceptors (Lipinski definition) is 4. The predicted molar refractivity (Wildman–Crippen MR) is 79.0 cm³/mol. The van der Waals surface area contributed by atoms with Crippen LogP contribution >= 0.6 is 15.9 Å². The average molecular weight is 352 g/mol. The molecule has 0 N–H and O–H groups in total. The van der Waals surface area contributed by atoms with Gasteiger partial charge in [-0.1, -0.05) is 33.3 Å². The Morgan fingerprint density at radius 1 is 1.15 bits per heavy atom. The van der Waals surface area contributed by atoms with Gasteiger partial charge in [-0.2, -0.15) is 8.42 Å². The van der Waals surface area contributed by atoms with Crippen LogP contribution < -0.4 is 0 Å². The molecule has 0 spiro atoms. The number of fused-ring (bicyclic) bond motifs is 1. The van der Waals surface area contributed by atoms with Crippen LogP contribution in [0.15, 0.2) is 51.8 Å². The highest BCUT2D eigenvalue weighted by atomic mass is 79.9. The first-order valence-corrected chi connectivity index (χ1v) is 8.05. The number of aryl methyl sites for hydroxylation is 1. The third kappa shape index (κ3) is 2.03. The molecule has 7 heteroatoms. The van der Waals surface area contributed by atoms with Gasteiger partial charge < -0.3 is 0 Å². The average Bonchev–Trinajstić information content (AvgIpc) is 2.86. The topological polar surface area (TPSA) is 64.8 Å². The summed E-state index contributed by atoms with van der Waals surface area (Å²) in [5.41, 5.74) is 1.86. The van der Waals surface area contributed by atoms with Crippen LogP contribution in [0.4, 0.5) is 0 Å². The number of hydrogen-bond donors (Lipinski definition) is 0. The Labute approximate surface area is 124 Å². The zero-order chi connectivity index (χ0) is 14.3. The molecule has 5 nitrogen and oxygen atoms in total. The number of para-hydroxylation sites is 1. The van der Waals surface area contributed by atoms with Crippen molar-refractivity contribution in [1.82, 2.24) is 14.4 Å². The maximum Gasteiger partial charge on any atom is 0.284 e. The first kappa shape index (κ1) is 13.3. The number of benzene rings is 2. The highest BCUT2D eigenvalue weighted by Crippen LogP contribution is 2.23. The lowest BCUT2D eigenvalue weighted by atomic mass is 10.2. The molecular formula is C13H10BrN3O2S. The second kappa shape index (κ2) is 4.68. The molecule has 1 heterocycles. The summed E-state index contributed by atoms with van der Waals surface area (Å²) < 4.78 is 27.1. The van der Waals surface area contributed by atoms with Gasteiger partial charge in [-0.15, -0.1) is 9.19 Å². The van der Waals surface area contributed by atoms with Gasteiger partial charge in [0.2, 0.25) is 0 Å². The van der Waals surface area contributed by atoms with Crippen molar-refractivity contribution in [1.29, 1.82) is 0 Å². The molecule has 20 heavy (non-hydrogen) atoms. The fourth-order valence-corrected chi connectivity index (χ4v) is 3.46. The molecule has 1 aromatic heterocycles. The molecular weight excluding hydrogens is 342 g/mol. The first-order chi connectivity index (χ1) is 9.50. The van der Waals surface area contributed by atoms with Crippen LogP contribution in [0.25, 0.3) is 11.0 Å². The Morgan fingerprint density at radius 3 is 2.65 bits per heavy atom. The highest BCUT2D eigenvalue weighted by molar-refractivity contribution is 9.10. The number of halogens is 1. The molecule has 0 saturated carbocycles. The first-order valence-electron chi connectivity index (χ1n) is 5.82. The normalized spacial score (nSPS) is 11.9. The van der Waals surface area contributed by atoms with Crippen LogP contribution in [-0.4, -0.2) is 22.8 Å². The molecule has 0 saturated heterocycles. The van der Waals surface area contributed by atoms with Gasteiger partial charge in [0.25, 0.3) is 10.0 Å². The Hall–Kier alpha value is -1.73. The van der Waals surface area contributed by atoms with Crippen molar-refractivity contribution in [2.45, 2.75) is 11.8 Å². The van der Waals surface area contributed by atoms with Crippen molar-refractivity contribution in [3.63, 3.8) is 0 Å². The molecule has 0 fully saturated rings. The number of rotatable bonds is 2. The quantitative estimate of drug-likeness (QED) is 0.711. The van der Waals surface area contributed by atoms with Gasteiger partial charge in [0.15, 0.2) is 0 Å². The molecule has 0 aliphatic carbocycles. The number of aromatic nitrogens is 3. The molecule has 0 aliphatic rings. The van der Waals surface area contributed by atoms with Gasteiger partial charge in [0.05, 0.1) is 4.90 Å². The predicted octanol–water partition coefficient (Wildman–Crippen LogP) is 2.74. The van der Waals surface area contributed by atoms with E-state index in [1.54, 1.807) is 42.5 Å². The van der Waals surface area contributed by atoms with E-state index in [1.807, 2.05) is 6.92 Å². The lowest BCUT2D eigenvalue weighted by Crippen LogP contribution is -2.14. The van der Waals surface area contributed by atoms with E-state index >= 15 is 0 Å².